The number of rotatable bonds is 8. The lowest BCUT2D eigenvalue weighted by molar-refractivity contribution is -0.145. The molecule has 90 valence electrons. The maximum Gasteiger partial charge on any atom is 0.322 e. The van der Waals surface area contributed by atoms with Gasteiger partial charge < -0.3 is 10.1 Å². The molecule has 0 aliphatic heterocycles. The van der Waals surface area contributed by atoms with Gasteiger partial charge in [-0.25, -0.2) is 0 Å². The Labute approximate surface area is 93.6 Å². The summed E-state index contributed by atoms with van der Waals surface area (Å²) in [5.41, 5.74) is 0. The average molecular weight is 215 g/mol. The van der Waals surface area contributed by atoms with Crippen molar-refractivity contribution in [2.45, 2.75) is 53.0 Å². The number of carbonyl (C=O) groups excluding carboxylic acids is 1. The second-order valence-corrected chi connectivity index (χ2v) is 4.32. The first-order valence-corrected chi connectivity index (χ1v) is 5.98. The Balaban J connectivity index is 3.38. The summed E-state index contributed by atoms with van der Waals surface area (Å²) in [6.45, 7) is 9.49. The average Bonchev–Trinajstić information content (AvgIpc) is 2.16. The summed E-state index contributed by atoms with van der Waals surface area (Å²) in [6, 6.07) is -0.177. The zero-order valence-electron chi connectivity index (χ0n) is 10.5. The number of ether oxygens (including phenoxy) is 1. The van der Waals surface area contributed by atoms with Crippen LogP contribution in [0.25, 0.3) is 0 Å². The Morgan fingerprint density at radius 1 is 1.27 bits per heavy atom. The molecule has 0 rings (SSSR count). The van der Waals surface area contributed by atoms with Crippen molar-refractivity contribution < 1.29 is 9.53 Å². The minimum atomic E-state index is -0.177. The highest BCUT2D eigenvalue weighted by Gasteiger charge is 2.11. The molecule has 15 heavy (non-hydrogen) atoms. The third-order valence-corrected chi connectivity index (χ3v) is 2.30. The summed E-state index contributed by atoms with van der Waals surface area (Å²) in [4.78, 5) is 11.2. The van der Waals surface area contributed by atoms with Crippen molar-refractivity contribution in [3.05, 3.63) is 0 Å². The van der Waals surface area contributed by atoms with Gasteiger partial charge in [0.05, 0.1) is 6.61 Å². The van der Waals surface area contributed by atoms with Gasteiger partial charge in [0.25, 0.3) is 0 Å². The quantitative estimate of drug-likeness (QED) is 0.499. The van der Waals surface area contributed by atoms with Crippen molar-refractivity contribution in [2.24, 2.45) is 5.92 Å². The van der Waals surface area contributed by atoms with Crippen molar-refractivity contribution in [2.75, 3.05) is 13.2 Å². The molecule has 0 bridgehead atoms. The number of carbonyl (C=O) groups is 1. The van der Waals surface area contributed by atoms with Crippen LogP contribution in [0.1, 0.15) is 47.0 Å². The second-order valence-electron chi connectivity index (χ2n) is 4.32. The highest BCUT2D eigenvalue weighted by Crippen LogP contribution is 2.05. The van der Waals surface area contributed by atoms with Gasteiger partial charge in [-0.15, -0.1) is 0 Å². The molecule has 0 aliphatic carbocycles. The molecule has 0 aromatic carbocycles. The van der Waals surface area contributed by atoms with E-state index < -0.39 is 0 Å². The first-order chi connectivity index (χ1) is 7.07. The molecule has 0 saturated heterocycles. The molecule has 0 amide bonds. The molecule has 1 N–H and O–H groups in total. The fourth-order valence-electron chi connectivity index (χ4n) is 1.35. The summed E-state index contributed by atoms with van der Waals surface area (Å²) in [6.07, 6.45) is 3.61. The zero-order chi connectivity index (χ0) is 11.7. The zero-order valence-corrected chi connectivity index (χ0v) is 10.5. The van der Waals surface area contributed by atoms with E-state index in [1.165, 1.54) is 12.8 Å². The molecule has 0 spiro atoms. The van der Waals surface area contributed by atoms with Gasteiger partial charge in [0.1, 0.15) is 6.04 Å². The lowest BCUT2D eigenvalue weighted by Crippen LogP contribution is -2.35. The van der Waals surface area contributed by atoms with E-state index in [-0.39, 0.29) is 12.0 Å². The van der Waals surface area contributed by atoms with E-state index in [1.807, 2.05) is 13.8 Å². The van der Waals surface area contributed by atoms with Crippen LogP contribution in [0, 0.1) is 5.92 Å². The molecule has 1 atom stereocenters. The predicted molar refractivity (Wildman–Crippen MR) is 62.8 cm³/mol. The molecule has 0 saturated carbocycles. The standard InChI is InChI=1S/C12H25NO2/c1-5-15-12(14)11(4)13-9-7-6-8-10(2)3/h10-11,13H,5-9H2,1-4H3. The molecule has 0 heterocycles. The van der Waals surface area contributed by atoms with Crippen molar-refractivity contribution in [3.63, 3.8) is 0 Å². The molecule has 3 heteroatoms. The van der Waals surface area contributed by atoms with Crippen molar-refractivity contribution in [3.8, 4) is 0 Å². The van der Waals surface area contributed by atoms with Gasteiger partial charge in [0, 0.05) is 0 Å². The van der Waals surface area contributed by atoms with Crippen LogP contribution in [0.5, 0.6) is 0 Å². The third-order valence-electron chi connectivity index (χ3n) is 2.30. The van der Waals surface area contributed by atoms with E-state index in [2.05, 4.69) is 19.2 Å². The van der Waals surface area contributed by atoms with Crippen LogP contribution < -0.4 is 5.32 Å². The van der Waals surface area contributed by atoms with Gasteiger partial charge in [-0.3, -0.25) is 4.79 Å². The Bertz CT molecular complexity index is 169. The molecular weight excluding hydrogens is 190 g/mol. The molecule has 3 nitrogen and oxygen atoms in total. The molecule has 0 aliphatic rings. The van der Waals surface area contributed by atoms with Crippen molar-refractivity contribution >= 4 is 5.97 Å². The lowest BCUT2D eigenvalue weighted by atomic mass is 10.1. The fourth-order valence-corrected chi connectivity index (χ4v) is 1.35. The summed E-state index contributed by atoms with van der Waals surface area (Å²) >= 11 is 0. The van der Waals surface area contributed by atoms with Crippen LogP contribution >= 0.6 is 0 Å². The van der Waals surface area contributed by atoms with Gasteiger partial charge in [0.15, 0.2) is 0 Å². The predicted octanol–water partition coefficient (Wildman–Crippen LogP) is 2.35. The Morgan fingerprint density at radius 3 is 2.47 bits per heavy atom. The first kappa shape index (κ1) is 14.4. The molecule has 1 unspecified atom stereocenters. The number of hydrogen-bond donors (Lipinski definition) is 1. The van der Waals surface area contributed by atoms with Crippen LogP contribution in [0.15, 0.2) is 0 Å². The van der Waals surface area contributed by atoms with Gasteiger partial charge in [-0.2, -0.15) is 0 Å². The van der Waals surface area contributed by atoms with Gasteiger partial charge in [-0.05, 0) is 32.7 Å². The summed E-state index contributed by atoms with van der Waals surface area (Å²) in [5, 5.41) is 3.17. The summed E-state index contributed by atoms with van der Waals surface area (Å²) < 4.78 is 4.90. The van der Waals surface area contributed by atoms with Crippen molar-refractivity contribution in [1.82, 2.24) is 5.32 Å². The van der Waals surface area contributed by atoms with Gasteiger partial charge in [-0.1, -0.05) is 26.7 Å². The number of nitrogens with one attached hydrogen (secondary N) is 1. The number of unbranched alkanes of at least 4 members (excludes halogenated alkanes) is 1. The summed E-state index contributed by atoms with van der Waals surface area (Å²) in [5.74, 6) is 0.619. The smallest absolute Gasteiger partial charge is 0.322 e. The van der Waals surface area contributed by atoms with E-state index in [1.54, 1.807) is 0 Å². The normalized spacial score (nSPS) is 12.9. The lowest BCUT2D eigenvalue weighted by Gasteiger charge is -2.12. The number of hydrogen-bond acceptors (Lipinski definition) is 3. The molecule has 0 fully saturated rings. The Hall–Kier alpha value is -0.570. The maximum atomic E-state index is 11.2. The minimum absolute atomic E-state index is 0.152. The van der Waals surface area contributed by atoms with E-state index in [0.717, 1.165) is 18.9 Å². The van der Waals surface area contributed by atoms with E-state index in [4.69, 9.17) is 4.74 Å². The monoisotopic (exact) mass is 215 g/mol. The highest BCUT2D eigenvalue weighted by molar-refractivity contribution is 5.75. The molecule has 0 radical (unpaired) electrons. The highest BCUT2D eigenvalue weighted by atomic mass is 16.5. The molecular formula is C12H25NO2. The SMILES string of the molecule is CCOC(=O)C(C)NCCCCC(C)C. The van der Waals surface area contributed by atoms with E-state index in [0.29, 0.717) is 6.61 Å². The first-order valence-electron chi connectivity index (χ1n) is 5.98. The van der Waals surface area contributed by atoms with Crippen molar-refractivity contribution in [1.29, 1.82) is 0 Å². The third kappa shape index (κ3) is 8.43. The largest absolute Gasteiger partial charge is 0.465 e. The van der Waals surface area contributed by atoms with Gasteiger partial charge >= 0.3 is 5.97 Å². The van der Waals surface area contributed by atoms with Crippen LogP contribution in [-0.4, -0.2) is 25.2 Å². The van der Waals surface area contributed by atoms with Crippen LogP contribution in [0.2, 0.25) is 0 Å². The maximum absolute atomic E-state index is 11.2. The Morgan fingerprint density at radius 2 is 1.93 bits per heavy atom. The molecule has 0 aromatic heterocycles. The fraction of sp³-hybridized carbons (Fsp3) is 0.917. The minimum Gasteiger partial charge on any atom is -0.465 e. The Kier molecular flexibility index (Phi) is 8.38. The topological polar surface area (TPSA) is 38.3 Å². The van der Waals surface area contributed by atoms with Crippen LogP contribution in [-0.2, 0) is 9.53 Å². The second kappa shape index (κ2) is 8.72. The van der Waals surface area contributed by atoms with E-state index in [9.17, 15) is 4.79 Å². The summed E-state index contributed by atoms with van der Waals surface area (Å²) in [7, 11) is 0. The molecule has 0 aromatic rings. The number of esters is 1. The van der Waals surface area contributed by atoms with Crippen LogP contribution in [0.4, 0.5) is 0 Å². The van der Waals surface area contributed by atoms with E-state index >= 15 is 0 Å². The van der Waals surface area contributed by atoms with Crippen LogP contribution in [0.3, 0.4) is 0 Å². The van der Waals surface area contributed by atoms with Gasteiger partial charge in [0.2, 0.25) is 0 Å².